The van der Waals surface area contributed by atoms with Crippen molar-refractivity contribution in [2.45, 2.75) is 17.3 Å². The van der Waals surface area contributed by atoms with Crippen LogP contribution in [0.2, 0.25) is 0 Å². The van der Waals surface area contributed by atoms with E-state index in [9.17, 15) is 4.79 Å². The molecule has 0 bridgehead atoms. The summed E-state index contributed by atoms with van der Waals surface area (Å²) in [4.78, 5) is 16.0. The number of aromatic nitrogens is 3. The van der Waals surface area contributed by atoms with Crippen molar-refractivity contribution in [2.24, 2.45) is 0 Å². The van der Waals surface area contributed by atoms with E-state index in [0.29, 0.717) is 6.67 Å². The van der Waals surface area contributed by atoms with Gasteiger partial charge in [0, 0.05) is 18.0 Å². The molecule has 0 atom stereocenters. The molecule has 0 spiro atoms. The Morgan fingerprint density at radius 3 is 2.90 bits per heavy atom. The molecule has 1 aromatic heterocycles. The minimum absolute atomic E-state index is 0.0516. The molecule has 2 aliphatic heterocycles. The molecular formula is C14H16N4O2S. The lowest BCUT2D eigenvalue weighted by molar-refractivity contribution is 0.0206. The molecule has 4 rings (SSSR count). The predicted molar refractivity (Wildman–Crippen MR) is 79.8 cm³/mol. The zero-order valence-electron chi connectivity index (χ0n) is 11.6. The first-order valence-electron chi connectivity index (χ1n) is 7.04. The fourth-order valence-corrected chi connectivity index (χ4v) is 3.67. The topological polar surface area (TPSA) is 52.3 Å². The summed E-state index contributed by atoms with van der Waals surface area (Å²) in [6.45, 7) is 3.68. The molecule has 1 saturated heterocycles. The van der Waals surface area contributed by atoms with Crippen LogP contribution in [0.1, 0.15) is 5.82 Å². The molecule has 2 aliphatic rings. The van der Waals surface area contributed by atoms with Gasteiger partial charge in [-0.3, -0.25) is 4.90 Å². The van der Waals surface area contributed by atoms with Gasteiger partial charge >= 0.3 is 5.69 Å². The van der Waals surface area contributed by atoms with E-state index >= 15 is 0 Å². The number of hydrogen-bond donors (Lipinski definition) is 0. The van der Waals surface area contributed by atoms with Gasteiger partial charge in [0.05, 0.1) is 31.3 Å². The summed E-state index contributed by atoms with van der Waals surface area (Å²) in [5.74, 6) is 1.57. The Labute approximate surface area is 126 Å². The summed E-state index contributed by atoms with van der Waals surface area (Å²) in [6.07, 6.45) is 0. The fraction of sp³-hybridized carbons (Fsp3) is 0.429. The van der Waals surface area contributed by atoms with Gasteiger partial charge in [0.2, 0.25) is 0 Å². The molecule has 0 radical (unpaired) electrons. The molecule has 0 amide bonds. The molecule has 0 N–H and O–H groups in total. The van der Waals surface area contributed by atoms with Gasteiger partial charge in [0.25, 0.3) is 0 Å². The molecule has 6 nitrogen and oxygen atoms in total. The first-order chi connectivity index (χ1) is 10.3. The van der Waals surface area contributed by atoms with E-state index in [1.54, 1.807) is 21.0 Å². The number of thioether (sulfide) groups is 1. The van der Waals surface area contributed by atoms with Crippen LogP contribution in [0, 0.1) is 0 Å². The van der Waals surface area contributed by atoms with Gasteiger partial charge < -0.3 is 4.74 Å². The van der Waals surface area contributed by atoms with Crippen LogP contribution in [0.3, 0.4) is 0 Å². The van der Waals surface area contributed by atoms with E-state index in [0.717, 1.165) is 48.5 Å². The third-order valence-electron chi connectivity index (χ3n) is 3.81. The van der Waals surface area contributed by atoms with Gasteiger partial charge in [-0.1, -0.05) is 12.1 Å². The standard InChI is InChI=1S/C14H16N4O2S/c19-14-17(10-16-5-7-20-8-6-16)15-13-9-21-12-4-2-1-3-11(12)18(13)14/h1-4H,5-10H2. The number of fused-ring (bicyclic) bond motifs is 3. The lowest BCUT2D eigenvalue weighted by atomic mass is 10.3. The second kappa shape index (κ2) is 5.32. The van der Waals surface area contributed by atoms with Gasteiger partial charge in [0.1, 0.15) is 5.82 Å². The van der Waals surface area contributed by atoms with E-state index in [2.05, 4.69) is 16.1 Å². The molecule has 0 saturated carbocycles. The minimum atomic E-state index is -0.0516. The lowest BCUT2D eigenvalue weighted by Crippen LogP contribution is -2.40. The molecular weight excluding hydrogens is 288 g/mol. The van der Waals surface area contributed by atoms with Gasteiger partial charge in [0.15, 0.2) is 0 Å². The molecule has 0 unspecified atom stereocenters. The minimum Gasteiger partial charge on any atom is -0.379 e. The van der Waals surface area contributed by atoms with Crippen molar-refractivity contribution in [3.63, 3.8) is 0 Å². The number of benzene rings is 1. The van der Waals surface area contributed by atoms with Crippen molar-refractivity contribution >= 4 is 11.8 Å². The zero-order valence-corrected chi connectivity index (χ0v) is 12.4. The summed E-state index contributed by atoms with van der Waals surface area (Å²) in [5, 5.41) is 4.51. The molecule has 7 heteroatoms. The molecule has 1 fully saturated rings. The SMILES string of the molecule is O=c1n(CN2CCOCC2)nc2n1-c1ccccc1SC2. The van der Waals surface area contributed by atoms with Crippen LogP contribution in [0.5, 0.6) is 0 Å². The average molecular weight is 304 g/mol. The van der Waals surface area contributed by atoms with Gasteiger partial charge in [-0.2, -0.15) is 9.78 Å². The summed E-state index contributed by atoms with van der Waals surface area (Å²) < 4.78 is 8.65. The van der Waals surface area contributed by atoms with E-state index < -0.39 is 0 Å². The lowest BCUT2D eigenvalue weighted by Gasteiger charge is -2.25. The first-order valence-corrected chi connectivity index (χ1v) is 8.02. The second-order valence-corrected chi connectivity index (χ2v) is 6.18. The van der Waals surface area contributed by atoms with Crippen LogP contribution in [0.15, 0.2) is 34.0 Å². The third kappa shape index (κ3) is 2.31. The molecule has 1 aromatic carbocycles. The number of hydrogen-bond acceptors (Lipinski definition) is 5. The normalized spacial score (nSPS) is 18.3. The number of ether oxygens (including phenoxy) is 1. The van der Waals surface area contributed by atoms with Gasteiger partial charge in [-0.05, 0) is 12.1 Å². The molecule has 21 heavy (non-hydrogen) atoms. The quantitative estimate of drug-likeness (QED) is 0.826. The summed E-state index contributed by atoms with van der Waals surface area (Å²) >= 11 is 1.73. The Hall–Kier alpha value is -1.57. The van der Waals surface area contributed by atoms with Crippen molar-refractivity contribution in [3.05, 3.63) is 40.6 Å². The summed E-state index contributed by atoms with van der Waals surface area (Å²) in [5.41, 5.74) is 0.895. The highest BCUT2D eigenvalue weighted by Gasteiger charge is 2.23. The zero-order chi connectivity index (χ0) is 14.2. The van der Waals surface area contributed by atoms with Crippen molar-refractivity contribution < 1.29 is 4.74 Å². The molecule has 0 aliphatic carbocycles. The largest absolute Gasteiger partial charge is 0.379 e. The van der Waals surface area contributed by atoms with Crippen LogP contribution < -0.4 is 5.69 Å². The van der Waals surface area contributed by atoms with Crippen LogP contribution in [-0.2, 0) is 17.2 Å². The molecule has 3 heterocycles. The Balaban J connectivity index is 1.70. The third-order valence-corrected chi connectivity index (χ3v) is 4.87. The van der Waals surface area contributed by atoms with Crippen molar-refractivity contribution in [1.29, 1.82) is 0 Å². The van der Waals surface area contributed by atoms with Crippen LogP contribution in [0.4, 0.5) is 0 Å². The molecule has 2 aromatic rings. The smallest absolute Gasteiger partial charge is 0.351 e. The average Bonchev–Trinajstić information content (AvgIpc) is 2.85. The maximum atomic E-state index is 12.6. The fourth-order valence-electron chi connectivity index (χ4n) is 2.72. The second-order valence-electron chi connectivity index (χ2n) is 5.16. The van der Waals surface area contributed by atoms with Gasteiger partial charge in [-0.15, -0.1) is 11.8 Å². The summed E-state index contributed by atoms with van der Waals surface area (Å²) in [6, 6.07) is 7.99. The predicted octanol–water partition coefficient (Wildman–Crippen LogP) is 0.929. The number of rotatable bonds is 2. The summed E-state index contributed by atoms with van der Waals surface area (Å²) in [7, 11) is 0. The Morgan fingerprint density at radius 1 is 1.24 bits per heavy atom. The van der Waals surface area contributed by atoms with E-state index in [1.807, 2.05) is 18.2 Å². The highest BCUT2D eigenvalue weighted by atomic mass is 32.2. The Kier molecular flexibility index (Phi) is 3.33. The highest BCUT2D eigenvalue weighted by molar-refractivity contribution is 7.98. The van der Waals surface area contributed by atoms with Crippen LogP contribution in [0.25, 0.3) is 5.69 Å². The van der Waals surface area contributed by atoms with Crippen molar-refractivity contribution in [2.75, 3.05) is 26.3 Å². The first kappa shape index (κ1) is 13.1. The van der Waals surface area contributed by atoms with Crippen LogP contribution in [-0.4, -0.2) is 45.6 Å². The number of morpholine rings is 1. The van der Waals surface area contributed by atoms with E-state index in [1.165, 1.54) is 0 Å². The van der Waals surface area contributed by atoms with Gasteiger partial charge in [-0.25, -0.2) is 9.36 Å². The van der Waals surface area contributed by atoms with Crippen molar-refractivity contribution in [3.8, 4) is 5.69 Å². The highest BCUT2D eigenvalue weighted by Crippen LogP contribution is 2.32. The van der Waals surface area contributed by atoms with E-state index in [-0.39, 0.29) is 5.69 Å². The Bertz CT molecular complexity index is 718. The number of nitrogens with zero attached hydrogens (tertiary/aromatic N) is 4. The number of para-hydroxylation sites is 1. The maximum Gasteiger partial charge on any atom is 0.351 e. The maximum absolute atomic E-state index is 12.6. The Morgan fingerprint density at radius 2 is 2.05 bits per heavy atom. The van der Waals surface area contributed by atoms with E-state index in [4.69, 9.17) is 4.74 Å². The monoisotopic (exact) mass is 304 g/mol. The van der Waals surface area contributed by atoms with Crippen molar-refractivity contribution in [1.82, 2.24) is 19.2 Å². The van der Waals surface area contributed by atoms with Crippen LogP contribution >= 0.6 is 11.8 Å². The molecule has 110 valence electrons.